The second kappa shape index (κ2) is 9.01. The molecule has 0 unspecified atom stereocenters. The molecule has 180 valence electrons. The van der Waals surface area contributed by atoms with E-state index >= 15 is 8.78 Å². The van der Waals surface area contributed by atoms with E-state index in [-0.39, 0.29) is 18.0 Å². The third-order valence-electron chi connectivity index (χ3n) is 5.48. The van der Waals surface area contributed by atoms with Crippen molar-refractivity contribution in [3.05, 3.63) is 80.4 Å². The normalized spacial score (nSPS) is 12.2. The van der Waals surface area contributed by atoms with E-state index in [1.807, 2.05) is 6.92 Å². The van der Waals surface area contributed by atoms with Crippen molar-refractivity contribution in [2.24, 2.45) is 0 Å². The Labute approximate surface area is 196 Å². The molecular formula is C24H18F2N2O7. The van der Waals surface area contributed by atoms with Crippen LogP contribution in [-0.2, 0) is 0 Å². The van der Waals surface area contributed by atoms with E-state index < -0.39 is 73.3 Å². The number of nitrogens with zero attached hydrogens (tertiary/aromatic N) is 1. The minimum atomic E-state index is -1.36. The van der Waals surface area contributed by atoms with Gasteiger partial charge in [0.15, 0.2) is 17.4 Å². The van der Waals surface area contributed by atoms with Crippen LogP contribution in [0.25, 0.3) is 0 Å². The summed E-state index contributed by atoms with van der Waals surface area (Å²) in [7, 11) is 0. The fraction of sp³-hybridized carbons (Fsp3) is 0.167. The predicted molar refractivity (Wildman–Crippen MR) is 120 cm³/mol. The van der Waals surface area contributed by atoms with Crippen LogP contribution in [0.1, 0.15) is 51.6 Å². The van der Waals surface area contributed by atoms with Crippen molar-refractivity contribution in [3.8, 4) is 17.2 Å². The second-order valence-electron chi connectivity index (χ2n) is 7.73. The zero-order chi connectivity index (χ0) is 25.4. The maximum Gasteiger partial charge on any atom is 0.271 e. The molecule has 1 aliphatic carbocycles. The average Bonchev–Trinajstić information content (AvgIpc) is 2.83. The highest BCUT2D eigenvalue weighted by atomic mass is 19.1. The fourth-order valence-corrected chi connectivity index (χ4v) is 3.79. The SMILES string of the molecule is CCCCOc1c(F)c2c(c(F)c1Nc1cccc([N+](=O)[O-])c1)C(=O)c1c(O)ccc(O)c1C2=O. The molecule has 3 aromatic rings. The molecule has 0 radical (unpaired) electrons. The number of phenols is 2. The summed E-state index contributed by atoms with van der Waals surface area (Å²) in [5.74, 6) is -7.22. The molecule has 0 bridgehead atoms. The van der Waals surface area contributed by atoms with Crippen molar-refractivity contribution >= 4 is 28.6 Å². The van der Waals surface area contributed by atoms with Crippen LogP contribution in [0.2, 0.25) is 0 Å². The van der Waals surface area contributed by atoms with Crippen molar-refractivity contribution in [1.82, 2.24) is 0 Å². The molecule has 11 heteroatoms. The molecule has 0 saturated carbocycles. The van der Waals surface area contributed by atoms with Gasteiger partial charge in [-0.3, -0.25) is 19.7 Å². The van der Waals surface area contributed by atoms with Crippen LogP contribution in [0.4, 0.5) is 25.8 Å². The summed E-state index contributed by atoms with van der Waals surface area (Å²) < 4.78 is 37.0. The second-order valence-corrected chi connectivity index (χ2v) is 7.73. The van der Waals surface area contributed by atoms with Gasteiger partial charge in [-0.15, -0.1) is 0 Å². The van der Waals surface area contributed by atoms with Gasteiger partial charge in [0.1, 0.15) is 17.2 Å². The van der Waals surface area contributed by atoms with Gasteiger partial charge in [0.2, 0.25) is 11.6 Å². The molecule has 0 atom stereocenters. The standard InChI is InChI=1S/C24H18F2N2O7/c1-2-3-9-35-24-20(26)18-17(22(31)15-13(29)7-8-14(30)16(15)23(18)32)19(25)21(24)27-11-5-4-6-12(10-11)28(33)34/h4-8,10,27,29-30H,2-3,9H2,1H3. The molecule has 0 amide bonds. The first-order valence-electron chi connectivity index (χ1n) is 10.5. The maximum atomic E-state index is 15.8. The van der Waals surface area contributed by atoms with Crippen molar-refractivity contribution in [3.63, 3.8) is 0 Å². The number of nitro benzene ring substituents is 1. The molecule has 0 spiro atoms. The van der Waals surface area contributed by atoms with Crippen LogP contribution in [0.5, 0.6) is 17.2 Å². The molecule has 3 aromatic carbocycles. The van der Waals surface area contributed by atoms with Crippen LogP contribution < -0.4 is 10.1 Å². The molecule has 0 fully saturated rings. The Kier molecular flexibility index (Phi) is 6.08. The zero-order valence-corrected chi connectivity index (χ0v) is 18.2. The van der Waals surface area contributed by atoms with Gasteiger partial charge in [0.05, 0.1) is 33.8 Å². The Morgan fingerprint density at radius 3 is 2.14 bits per heavy atom. The van der Waals surface area contributed by atoms with Gasteiger partial charge in [0, 0.05) is 17.8 Å². The maximum absolute atomic E-state index is 15.8. The Bertz CT molecular complexity index is 1410. The number of unbranched alkanes of at least 4 members (excludes halogenated alkanes) is 1. The van der Waals surface area contributed by atoms with Crippen molar-refractivity contribution in [2.45, 2.75) is 19.8 Å². The number of carbonyl (C=O) groups excluding carboxylic acids is 2. The Morgan fingerprint density at radius 1 is 0.971 bits per heavy atom. The van der Waals surface area contributed by atoms with Crippen LogP contribution in [0, 0.1) is 21.7 Å². The molecule has 3 N–H and O–H groups in total. The zero-order valence-electron chi connectivity index (χ0n) is 18.2. The van der Waals surface area contributed by atoms with Gasteiger partial charge in [0.25, 0.3) is 5.69 Å². The number of phenolic OH excluding ortho intramolecular Hbond substituents is 2. The number of aromatic hydroxyl groups is 2. The van der Waals surface area contributed by atoms with Gasteiger partial charge >= 0.3 is 0 Å². The smallest absolute Gasteiger partial charge is 0.271 e. The quantitative estimate of drug-likeness (QED) is 0.144. The van der Waals surface area contributed by atoms with Crippen LogP contribution >= 0.6 is 0 Å². The highest BCUT2D eigenvalue weighted by Crippen LogP contribution is 2.45. The number of rotatable bonds is 7. The average molecular weight is 484 g/mol. The topological polar surface area (TPSA) is 139 Å². The van der Waals surface area contributed by atoms with E-state index in [2.05, 4.69) is 5.32 Å². The van der Waals surface area contributed by atoms with E-state index in [4.69, 9.17) is 4.74 Å². The molecule has 4 rings (SSSR count). The number of hydrogen-bond acceptors (Lipinski definition) is 8. The lowest BCUT2D eigenvalue weighted by Crippen LogP contribution is -2.25. The Hall–Kier alpha value is -4.54. The summed E-state index contributed by atoms with van der Waals surface area (Å²) in [6.07, 6.45) is 1.11. The summed E-state index contributed by atoms with van der Waals surface area (Å²) in [6.45, 7) is 1.78. The van der Waals surface area contributed by atoms with E-state index in [0.29, 0.717) is 12.8 Å². The summed E-state index contributed by atoms with van der Waals surface area (Å²) >= 11 is 0. The number of nitrogens with one attached hydrogen (secondary N) is 1. The van der Waals surface area contributed by atoms with Crippen LogP contribution in [0.3, 0.4) is 0 Å². The number of nitro groups is 1. The largest absolute Gasteiger partial charge is 0.507 e. The first kappa shape index (κ1) is 23.6. The van der Waals surface area contributed by atoms with E-state index in [1.54, 1.807) is 0 Å². The number of carbonyl (C=O) groups is 2. The minimum Gasteiger partial charge on any atom is -0.507 e. The summed E-state index contributed by atoms with van der Waals surface area (Å²) in [5.41, 5.74) is -4.21. The van der Waals surface area contributed by atoms with Crippen LogP contribution in [0.15, 0.2) is 36.4 Å². The molecule has 0 aliphatic heterocycles. The van der Waals surface area contributed by atoms with Gasteiger partial charge in [-0.1, -0.05) is 19.4 Å². The molecule has 0 saturated heterocycles. The van der Waals surface area contributed by atoms with Gasteiger partial charge in [-0.05, 0) is 24.6 Å². The molecule has 35 heavy (non-hydrogen) atoms. The number of non-ortho nitro benzene ring substituents is 1. The molecule has 1 aliphatic rings. The van der Waals surface area contributed by atoms with E-state index in [1.165, 1.54) is 18.2 Å². The van der Waals surface area contributed by atoms with E-state index in [0.717, 1.165) is 18.2 Å². The number of hydrogen-bond donors (Lipinski definition) is 3. The summed E-state index contributed by atoms with van der Waals surface area (Å²) in [5, 5.41) is 33.9. The monoisotopic (exact) mass is 484 g/mol. The number of fused-ring (bicyclic) bond motifs is 2. The highest BCUT2D eigenvalue weighted by molar-refractivity contribution is 6.31. The lowest BCUT2D eigenvalue weighted by atomic mass is 9.82. The van der Waals surface area contributed by atoms with Crippen molar-refractivity contribution in [1.29, 1.82) is 0 Å². The van der Waals surface area contributed by atoms with Crippen molar-refractivity contribution < 1.29 is 38.2 Å². The Morgan fingerprint density at radius 2 is 1.57 bits per heavy atom. The van der Waals surface area contributed by atoms with Gasteiger partial charge in [-0.25, -0.2) is 8.78 Å². The molecule has 9 nitrogen and oxygen atoms in total. The third-order valence-corrected chi connectivity index (χ3v) is 5.48. The highest BCUT2D eigenvalue weighted by Gasteiger charge is 2.41. The van der Waals surface area contributed by atoms with Crippen LogP contribution in [-0.4, -0.2) is 33.3 Å². The summed E-state index contributed by atoms with van der Waals surface area (Å²) in [4.78, 5) is 36.7. The number of benzene rings is 3. The Balaban J connectivity index is 1.96. The molecule has 0 aromatic heterocycles. The predicted octanol–water partition coefficient (Wildman–Crippen LogP) is 4.98. The minimum absolute atomic E-state index is 0.00623. The lowest BCUT2D eigenvalue weighted by Gasteiger charge is -2.24. The van der Waals surface area contributed by atoms with Gasteiger partial charge in [-0.2, -0.15) is 0 Å². The number of ether oxygens (including phenoxy) is 1. The molecule has 0 heterocycles. The van der Waals surface area contributed by atoms with Gasteiger partial charge < -0.3 is 20.3 Å². The number of ketones is 2. The first-order valence-corrected chi connectivity index (χ1v) is 10.5. The summed E-state index contributed by atoms with van der Waals surface area (Å²) in [6, 6.07) is 6.83. The number of halogens is 2. The third kappa shape index (κ3) is 3.90. The van der Waals surface area contributed by atoms with Crippen molar-refractivity contribution in [2.75, 3.05) is 11.9 Å². The lowest BCUT2D eigenvalue weighted by molar-refractivity contribution is -0.384. The first-order chi connectivity index (χ1) is 16.7. The van der Waals surface area contributed by atoms with E-state index in [9.17, 15) is 29.9 Å². The number of anilines is 2. The molecular weight excluding hydrogens is 466 g/mol. The fourth-order valence-electron chi connectivity index (χ4n) is 3.79.